The number of aromatic nitrogens is 1. The molecule has 4 aliphatic rings. The van der Waals surface area contributed by atoms with Gasteiger partial charge in [-0.25, -0.2) is 9.59 Å². The minimum atomic E-state index is -2.45. The summed E-state index contributed by atoms with van der Waals surface area (Å²) in [6.45, 7) is 14.7. The number of carbonyl (C=O) groups is 6. The number of aliphatic hydroxyl groups excluding tert-OH is 1. The van der Waals surface area contributed by atoms with Crippen molar-refractivity contribution >= 4 is 35.2 Å². The Kier molecular flexibility index (Phi) is 23.3. The lowest BCUT2D eigenvalue weighted by Crippen LogP contribution is -2.61. The number of aliphatic hydroxyl groups is 2. The highest BCUT2D eigenvalue weighted by Crippen LogP contribution is 2.38. The zero-order valence-corrected chi connectivity index (χ0v) is 46.4. The number of cyclic esters (lactones) is 1. The molecule has 1 aromatic rings. The molecule has 3 fully saturated rings. The molecule has 16 heteroatoms. The van der Waals surface area contributed by atoms with Crippen LogP contribution in [-0.2, 0) is 63.7 Å². The summed E-state index contributed by atoms with van der Waals surface area (Å²) >= 11 is 0. The fourth-order valence-electron chi connectivity index (χ4n) is 11.2. The average Bonchev–Trinajstić information content (AvgIpc) is 3.38. The number of hydrogen-bond acceptors (Lipinski definition) is 14. The highest BCUT2D eigenvalue weighted by molar-refractivity contribution is 6.39. The van der Waals surface area contributed by atoms with Crippen molar-refractivity contribution in [3.05, 3.63) is 77.7 Å². The van der Waals surface area contributed by atoms with E-state index in [0.717, 1.165) is 11.1 Å². The summed E-state index contributed by atoms with van der Waals surface area (Å²) in [5.74, 6) is -8.66. The van der Waals surface area contributed by atoms with Crippen LogP contribution >= 0.6 is 0 Å². The number of ketones is 3. The van der Waals surface area contributed by atoms with E-state index in [4.69, 9.17) is 28.4 Å². The monoisotopic (exact) mass is 1050 g/mol. The zero-order chi connectivity index (χ0) is 55.1. The molecule has 2 saturated heterocycles. The molecule has 4 heterocycles. The molecule has 3 aliphatic heterocycles. The summed E-state index contributed by atoms with van der Waals surface area (Å²) in [6.07, 6.45) is 14.5. The van der Waals surface area contributed by atoms with Crippen molar-refractivity contribution in [1.82, 2.24) is 4.90 Å². The molecule has 416 valence electrons. The fraction of sp³-hybridized carbons (Fsp3) is 0.678. The highest BCUT2D eigenvalue weighted by atomic mass is 16.6. The molecule has 0 aromatic carbocycles. The lowest BCUT2D eigenvalue weighted by Gasteiger charge is -2.42. The van der Waals surface area contributed by atoms with Gasteiger partial charge < -0.3 is 43.5 Å². The lowest BCUT2D eigenvalue weighted by molar-refractivity contribution is -0.686. The highest BCUT2D eigenvalue weighted by Gasteiger charge is 2.53. The van der Waals surface area contributed by atoms with Crippen LogP contribution in [0.3, 0.4) is 0 Å². The third-order valence-corrected chi connectivity index (χ3v) is 16.1. The number of carbonyl (C=O) groups excluding carboxylic acids is 6. The van der Waals surface area contributed by atoms with Crippen molar-refractivity contribution in [1.29, 1.82) is 0 Å². The molecule has 0 spiro atoms. The van der Waals surface area contributed by atoms with E-state index in [-0.39, 0.29) is 55.3 Å². The van der Waals surface area contributed by atoms with Gasteiger partial charge in [0.1, 0.15) is 36.2 Å². The number of allylic oxidation sites excluding steroid dienone is 6. The third-order valence-electron chi connectivity index (χ3n) is 16.1. The number of esters is 2. The maximum Gasteiger partial charge on any atom is 0.373 e. The molecule has 75 heavy (non-hydrogen) atoms. The van der Waals surface area contributed by atoms with Gasteiger partial charge in [-0.05, 0) is 119 Å². The number of rotatable bonds is 9. The van der Waals surface area contributed by atoms with Gasteiger partial charge in [-0.3, -0.25) is 19.2 Å². The molecule has 2 bridgehead atoms. The van der Waals surface area contributed by atoms with E-state index < -0.39 is 95.9 Å². The first-order valence-corrected chi connectivity index (χ1v) is 27.2. The summed E-state index contributed by atoms with van der Waals surface area (Å²) in [6, 6.07) is 2.66. The first-order chi connectivity index (χ1) is 35.6. The Bertz CT molecular complexity index is 2240. The van der Waals surface area contributed by atoms with Gasteiger partial charge in [-0.15, -0.1) is 0 Å². The number of pyridine rings is 1. The van der Waals surface area contributed by atoms with Crippen molar-refractivity contribution in [3.8, 4) is 0 Å². The Balaban J connectivity index is 1.43. The smallest absolute Gasteiger partial charge is 0.373 e. The largest absolute Gasteiger partial charge is 0.460 e. The van der Waals surface area contributed by atoms with Crippen LogP contribution in [0.25, 0.3) is 0 Å². The maximum absolute atomic E-state index is 14.6. The van der Waals surface area contributed by atoms with Gasteiger partial charge in [0, 0.05) is 70.6 Å². The molecule has 15 atom stereocenters. The third kappa shape index (κ3) is 16.6. The lowest BCUT2D eigenvalue weighted by atomic mass is 9.78. The molecule has 2 N–H and O–H groups in total. The molecular formula is C59H87N2O14+. The second-order valence-electron chi connectivity index (χ2n) is 22.1. The van der Waals surface area contributed by atoms with Gasteiger partial charge in [-0.2, -0.15) is 4.57 Å². The first kappa shape index (κ1) is 61.1. The summed E-state index contributed by atoms with van der Waals surface area (Å²) in [7, 11) is 4.54. The van der Waals surface area contributed by atoms with Crippen LogP contribution in [0.4, 0.5) is 0 Å². The number of piperidine rings is 1. The summed E-state index contributed by atoms with van der Waals surface area (Å²) in [4.78, 5) is 85.7. The number of Topliss-reactive ketones (excluding diaryl/α,β-unsaturated/α-hetero) is 3. The van der Waals surface area contributed by atoms with Gasteiger partial charge in [-0.1, -0.05) is 71.1 Å². The van der Waals surface area contributed by atoms with Gasteiger partial charge in [0.15, 0.2) is 18.2 Å². The number of ether oxygens (including phenoxy) is 6. The van der Waals surface area contributed by atoms with E-state index in [1.807, 2.05) is 89.5 Å². The van der Waals surface area contributed by atoms with E-state index in [9.17, 15) is 39.0 Å². The molecule has 16 nitrogen and oxygen atoms in total. The van der Waals surface area contributed by atoms with E-state index in [0.29, 0.717) is 69.8 Å². The Morgan fingerprint density at radius 3 is 2.25 bits per heavy atom. The minimum absolute atomic E-state index is 0.00444. The Labute approximate surface area is 445 Å². The fourth-order valence-corrected chi connectivity index (χ4v) is 11.2. The van der Waals surface area contributed by atoms with E-state index in [1.54, 1.807) is 45.6 Å². The molecule has 1 amide bonds. The zero-order valence-electron chi connectivity index (χ0n) is 46.4. The average molecular weight is 1050 g/mol. The molecular weight excluding hydrogens is 961 g/mol. The topological polar surface area (TPSA) is 205 Å². The van der Waals surface area contributed by atoms with Gasteiger partial charge >= 0.3 is 11.9 Å². The quantitative estimate of drug-likeness (QED) is 0.110. The molecule has 1 saturated carbocycles. The van der Waals surface area contributed by atoms with Crippen LogP contribution < -0.4 is 4.57 Å². The molecule has 5 rings (SSSR count). The van der Waals surface area contributed by atoms with Crippen molar-refractivity contribution in [2.45, 2.75) is 194 Å². The summed E-state index contributed by atoms with van der Waals surface area (Å²) < 4.78 is 37.6. The number of aryl methyl sites for hydroxylation is 1. The maximum atomic E-state index is 14.6. The van der Waals surface area contributed by atoms with Gasteiger partial charge in [0.2, 0.25) is 12.3 Å². The minimum Gasteiger partial charge on any atom is -0.460 e. The Morgan fingerprint density at radius 1 is 0.853 bits per heavy atom. The van der Waals surface area contributed by atoms with Crippen LogP contribution in [0.15, 0.2) is 72.1 Å². The van der Waals surface area contributed by atoms with Crippen LogP contribution in [0.2, 0.25) is 0 Å². The van der Waals surface area contributed by atoms with E-state index in [1.165, 1.54) is 12.0 Å². The predicted octanol–water partition coefficient (Wildman–Crippen LogP) is 7.03. The van der Waals surface area contributed by atoms with Crippen LogP contribution in [0.1, 0.15) is 131 Å². The van der Waals surface area contributed by atoms with Crippen molar-refractivity contribution in [3.63, 3.8) is 0 Å². The van der Waals surface area contributed by atoms with Crippen LogP contribution in [0.5, 0.6) is 0 Å². The van der Waals surface area contributed by atoms with Crippen molar-refractivity contribution < 1.29 is 72.0 Å². The molecule has 0 radical (unpaired) electrons. The predicted molar refractivity (Wildman–Crippen MR) is 280 cm³/mol. The standard InChI is InChI=1S/C59H87N2O14/c1-36-24-27-60(28-25-36)35-52(63)73-48-23-21-44(32-51(48)71-10)31-40(5)50-34-47(62)39(4)30-42(7)54(65)55(72-11)53(64)41(6)29-37(2)17-13-12-14-18-38(3)49(70-9)33-45-22-20-43(8)59(69,75-45)56(66)57(67)61-26-16-15-19-46(61)58(68)74-50/h12-14,17-18,24-25,27-28,30,37,39-41,43-46,48-51,54-55,65,69H,15-16,19-23,26,29,31-35H2,1-11H3/q+1/b14-12?,17-13+,38-18?,42-30+/t37-,39-,40-,41-,43-,44+,45+,46+,48-,49+,50+,51-,54-,55+,59-/m1/s1. The number of amides is 1. The van der Waals surface area contributed by atoms with Gasteiger partial charge in [0.05, 0.1) is 18.3 Å². The molecule has 0 unspecified atom stereocenters. The Hall–Kier alpha value is -4.71. The van der Waals surface area contributed by atoms with E-state index in [2.05, 4.69) is 0 Å². The number of hydrogen-bond donors (Lipinski definition) is 2. The summed E-state index contributed by atoms with van der Waals surface area (Å²) in [5.41, 5.74) is 2.32. The second kappa shape index (κ2) is 28.6. The van der Waals surface area contributed by atoms with E-state index >= 15 is 0 Å². The SMILES string of the molecule is CO[C@H]1C[C@@H]2CC[C@@H](C)[C@@](O)(O2)C(=O)C(=O)N2CCCC[C@H]2C(=O)O[C@H]([C@H](C)C[C@@H]2CC[C@@H](OC(=O)C[n+]3ccc(C)cc3)[C@H](OC)C2)CC(=O)[C@H](C)/C=C(\C)[C@@H](O)[C@@H](OC)C(=O)[C@H](C)C[C@H](C)/C=C/C=CC=C1C. The number of methoxy groups -OCH3 is 3. The van der Waals surface area contributed by atoms with Crippen LogP contribution in [-0.4, -0.2) is 133 Å². The number of fused-ring (bicyclic) bond motifs is 3. The molecule has 1 aromatic heterocycles. The Morgan fingerprint density at radius 2 is 1.57 bits per heavy atom. The van der Waals surface area contributed by atoms with Crippen molar-refractivity contribution in [2.75, 3.05) is 27.9 Å². The number of nitrogens with zero attached hydrogens (tertiary/aromatic N) is 2. The van der Waals surface area contributed by atoms with Gasteiger partial charge in [0.25, 0.3) is 11.7 Å². The van der Waals surface area contributed by atoms with Crippen LogP contribution in [0, 0.1) is 42.4 Å². The molecule has 1 aliphatic carbocycles. The second-order valence-corrected chi connectivity index (χ2v) is 22.1. The summed E-state index contributed by atoms with van der Waals surface area (Å²) in [5, 5.41) is 23.6. The van der Waals surface area contributed by atoms with Crippen molar-refractivity contribution in [2.24, 2.45) is 35.5 Å². The first-order valence-electron chi connectivity index (χ1n) is 27.2. The normalized spacial score (nSPS) is 35.3.